The maximum Gasteiger partial charge on any atom is 0.244 e. The van der Waals surface area contributed by atoms with Gasteiger partial charge in [-0.2, -0.15) is 0 Å². The summed E-state index contributed by atoms with van der Waals surface area (Å²) in [5, 5.41) is 2.95. The van der Waals surface area contributed by atoms with Gasteiger partial charge in [-0.15, -0.1) is 0 Å². The molecule has 33 heavy (non-hydrogen) atoms. The minimum absolute atomic E-state index is 0.214. The highest BCUT2D eigenvalue weighted by Gasteiger charge is 2.12. The number of carbonyl (C=O) groups excluding carboxylic acids is 1. The molecule has 1 amide bonds. The van der Waals surface area contributed by atoms with Gasteiger partial charge in [-0.1, -0.05) is 42.0 Å². The van der Waals surface area contributed by atoms with Crippen molar-refractivity contribution in [2.45, 2.75) is 20.0 Å². The molecule has 0 atom stereocenters. The first-order valence-corrected chi connectivity index (χ1v) is 10.7. The number of fused-ring (bicyclic) bond motifs is 1. The quantitative estimate of drug-likeness (QED) is 0.401. The molecule has 1 aromatic heterocycles. The average molecular weight is 442 g/mol. The topological polar surface area (TPSA) is 65.4 Å². The number of amides is 1. The molecule has 4 rings (SSSR count). The van der Waals surface area contributed by atoms with Crippen molar-refractivity contribution < 1.29 is 14.3 Å². The lowest BCUT2D eigenvalue weighted by atomic mass is 10.1. The molecule has 1 heterocycles. The number of aryl methyl sites for hydroxylation is 1. The Morgan fingerprint density at radius 3 is 2.58 bits per heavy atom. The van der Waals surface area contributed by atoms with Crippen molar-refractivity contribution in [1.29, 1.82) is 0 Å². The zero-order chi connectivity index (χ0) is 23.2. The van der Waals surface area contributed by atoms with Crippen molar-refractivity contribution in [3.8, 4) is 11.5 Å². The summed E-state index contributed by atoms with van der Waals surface area (Å²) < 4.78 is 12.8. The zero-order valence-electron chi connectivity index (χ0n) is 19.0. The second kappa shape index (κ2) is 10.0. The third-order valence-corrected chi connectivity index (χ3v) is 5.47. The van der Waals surface area contributed by atoms with Crippen LogP contribution in [0.25, 0.3) is 17.1 Å². The van der Waals surface area contributed by atoms with Gasteiger partial charge in [-0.3, -0.25) is 4.79 Å². The molecule has 4 aromatic rings. The molecule has 0 radical (unpaired) electrons. The smallest absolute Gasteiger partial charge is 0.244 e. The predicted molar refractivity (Wildman–Crippen MR) is 130 cm³/mol. The number of hydrogen-bond acceptors (Lipinski definition) is 4. The van der Waals surface area contributed by atoms with Gasteiger partial charge in [-0.05, 0) is 48.9 Å². The molecular weight excluding hydrogens is 414 g/mol. The van der Waals surface area contributed by atoms with E-state index in [1.54, 1.807) is 20.3 Å². The molecule has 0 spiro atoms. The van der Waals surface area contributed by atoms with Crippen molar-refractivity contribution >= 4 is 23.0 Å². The molecule has 6 heteroatoms. The fourth-order valence-electron chi connectivity index (χ4n) is 3.67. The second-order valence-electron chi connectivity index (χ2n) is 7.75. The molecule has 0 saturated heterocycles. The van der Waals surface area contributed by atoms with Crippen molar-refractivity contribution in [2.75, 3.05) is 14.2 Å². The number of aromatic nitrogens is 2. The van der Waals surface area contributed by atoms with E-state index >= 15 is 0 Å². The summed E-state index contributed by atoms with van der Waals surface area (Å²) in [5.41, 5.74) is 5.12. The van der Waals surface area contributed by atoms with Crippen LogP contribution in [-0.2, 0) is 17.9 Å². The van der Waals surface area contributed by atoms with Crippen LogP contribution in [-0.4, -0.2) is 29.7 Å². The zero-order valence-corrected chi connectivity index (χ0v) is 19.0. The number of benzene rings is 3. The molecule has 0 saturated carbocycles. The Hall–Kier alpha value is -4.06. The van der Waals surface area contributed by atoms with Crippen LogP contribution in [0.2, 0.25) is 0 Å². The fourth-order valence-corrected chi connectivity index (χ4v) is 3.67. The average Bonchev–Trinajstić information content (AvgIpc) is 3.19. The van der Waals surface area contributed by atoms with Crippen LogP contribution in [0.5, 0.6) is 11.5 Å². The summed E-state index contributed by atoms with van der Waals surface area (Å²) in [7, 11) is 3.20. The van der Waals surface area contributed by atoms with Gasteiger partial charge in [0.25, 0.3) is 0 Å². The summed E-state index contributed by atoms with van der Waals surface area (Å²) >= 11 is 0. The van der Waals surface area contributed by atoms with Crippen molar-refractivity contribution in [2.24, 2.45) is 0 Å². The van der Waals surface area contributed by atoms with Gasteiger partial charge in [0.2, 0.25) is 5.91 Å². The Bertz CT molecular complexity index is 1290. The van der Waals surface area contributed by atoms with Crippen LogP contribution in [0, 0.1) is 6.92 Å². The van der Waals surface area contributed by atoms with Crippen molar-refractivity contribution in [3.63, 3.8) is 0 Å². The molecule has 0 fully saturated rings. The lowest BCUT2D eigenvalue weighted by molar-refractivity contribution is -0.116. The number of hydrogen-bond donors (Lipinski definition) is 1. The first-order chi connectivity index (χ1) is 16.1. The van der Waals surface area contributed by atoms with Crippen molar-refractivity contribution in [3.05, 3.63) is 95.3 Å². The third-order valence-electron chi connectivity index (χ3n) is 5.47. The van der Waals surface area contributed by atoms with Crippen LogP contribution in [0.1, 0.15) is 22.5 Å². The largest absolute Gasteiger partial charge is 0.497 e. The highest BCUT2D eigenvalue weighted by Crippen LogP contribution is 2.25. The van der Waals surface area contributed by atoms with Gasteiger partial charge < -0.3 is 19.4 Å². The molecule has 0 aliphatic carbocycles. The predicted octanol–water partition coefficient (Wildman–Crippen LogP) is 4.74. The highest BCUT2D eigenvalue weighted by molar-refractivity contribution is 5.92. The first kappa shape index (κ1) is 22.1. The van der Waals surface area contributed by atoms with E-state index in [0.29, 0.717) is 24.6 Å². The maximum atomic E-state index is 12.6. The number of nitrogens with zero attached hydrogens (tertiary/aromatic N) is 2. The molecule has 168 valence electrons. The number of nitrogens with one attached hydrogen (secondary N) is 1. The van der Waals surface area contributed by atoms with Crippen LogP contribution < -0.4 is 14.8 Å². The van der Waals surface area contributed by atoms with Crippen LogP contribution in [0.4, 0.5) is 0 Å². The lowest BCUT2D eigenvalue weighted by Crippen LogP contribution is -2.23. The highest BCUT2D eigenvalue weighted by atomic mass is 16.5. The maximum absolute atomic E-state index is 12.6. The number of imidazole rings is 1. The Balaban J connectivity index is 1.52. The van der Waals surface area contributed by atoms with E-state index in [1.165, 1.54) is 17.2 Å². The van der Waals surface area contributed by atoms with E-state index in [1.807, 2.05) is 36.4 Å². The minimum atomic E-state index is -0.214. The molecule has 0 bridgehead atoms. The molecular formula is C27H27N3O3. The van der Waals surface area contributed by atoms with E-state index in [4.69, 9.17) is 14.5 Å². The van der Waals surface area contributed by atoms with Gasteiger partial charge >= 0.3 is 0 Å². The molecule has 0 unspecified atom stereocenters. The van der Waals surface area contributed by atoms with Crippen LogP contribution >= 0.6 is 0 Å². The minimum Gasteiger partial charge on any atom is -0.497 e. The summed E-state index contributed by atoms with van der Waals surface area (Å²) in [6.45, 7) is 3.08. The number of rotatable bonds is 8. The summed E-state index contributed by atoms with van der Waals surface area (Å²) in [5.74, 6) is 1.95. The molecule has 1 N–H and O–H groups in total. The number of carbonyl (C=O) groups is 1. The molecule has 3 aromatic carbocycles. The fraction of sp³-hybridized carbons (Fsp3) is 0.185. The molecule has 0 aliphatic rings. The monoisotopic (exact) mass is 441 g/mol. The van der Waals surface area contributed by atoms with Gasteiger partial charge in [0, 0.05) is 18.2 Å². The second-order valence-corrected chi connectivity index (χ2v) is 7.75. The normalized spacial score (nSPS) is 11.1. The van der Waals surface area contributed by atoms with E-state index in [9.17, 15) is 4.79 Å². The Morgan fingerprint density at radius 1 is 1.03 bits per heavy atom. The van der Waals surface area contributed by atoms with Gasteiger partial charge in [-0.25, -0.2) is 4.98 Å². The summed E-state index contributed by atoms with van der Waals surface area (Å²) in [6.07, 6.45) is 3.20. The Kier molecular flexibility index (Phi) is 6.74. The number of methoxy groups -OCH3 is 2. The first-order valence-electron chi connectivity index (χ1n) is 10.7. The van der Waals surface area contributed by atoms with E-state index < -0.39 is 0 Å². The van der Waals surface area contributed by atoms with E-state index in [-0.39, 0.29) is 5.91 Å². The SMILES string of the molecule is COc1ccc(OC)c(/C=C/C(=O)NCc2nc3ccccc3n2Cc2ccc(C)cc2)c1. The standard InChI is InChI=1S/C27H27N3O3/c1-19-8-10-20(11-9-19)18-30-24-7-5-4-6-23(24)29-26(30)17-28-27(31)15-12-21-16-22(32-2)13-14-25(21)33-3/h4-16H,17-18H2,1-3H3,(H,28,31)/b15-12+. The van der Waals surface area contributed by atoms with Crippen LogP contribution in [0.15, 0.2) is 72.8 Å². The third kappa shape index (κ3) is 5.23. The van der Waals surface area contributed by atoms with Crippen molar-refractivity contribution in [1.82, 2.24) is 14.9 Å². The van der Waals surface area contributed by atoms with E-state index in [0.717, 1.165) is 22.4 Å². The number of ether oxygens (including phenoxy) is 2. The Morgan fingerprint density at radius 2 is 1.82 bits per heavy atom. The molecule has 0 aliphatic heterocycles. The van der Waals surface area contributed by atoms with Gasteiger partial charge in [0.05, 0.1) is 31.8 Å². The number of para-hydroxylation sites is 2. The molecule has 6 nitrogen and oxygen atoms in total. The summed E-state index contributed by atoms with van der Waals surface area (Å²) in [4.78, 5) is 17.3. The summed E-state index contributed by atoms with van der Waals surface area (Å²) in [6, 6.07) is 21.9. The van der Waals surface area contributed by atoms with Crippen LogP contribution in [0.3, 0.4) is 0 Å². The van der Waals surface area contributed by atoms with E-state index in [2.05, 4.69) is 47.1 Å². The Labute approximate surface area is 193 Å². The van der Waals surface area contributed by atoms with Gasteiger partial charge in [0.1, 0.15) is 17.3 Å². The van der Waals surface area contributed by atoms with Gasteiger partial charge in [0.15, 0.2) is 0 Å². The lowest BCUT2D eigenvalue weighted by Gasteiger charge is -2.10.